The Kier molecular flexibility index (Phi) is 5.37. The Bertz CT molecular complexity index is 275. The molecular formula is C11H21N3O3. The molecule has 1 N–H and O–H groups in total. The number of likely N-dealkylation sites (N-methyl/N-ethyl adjacent to an activating group) is 1. The predicted octanol–water partition coefficient (Wildman–Crippen LogP) is -1.09. The summed E-state index contributed by atoms with van der Waals surface area (Å²) < 4.78 is 4.70. The fourth-order valence-corrected chi connectivity index (χ4v) is 1.78. The zero-order valence-corrected chi connectivity index (χ0v) is 10.7. The van der Waals surface area contributed by atoms with E-state index in [0.29, 0.717) is 0 Å². The number of amides is 2. The van der Waals surface area contributed by atoms with Crippen LogP contribution >= 0.6 is 0 Å². The first kappa shape index (κ1) is 13.9. The van der Waals surface area contributed by atoms with Gasteiger partial charge < -0.3 is 19.9 Å². The van der Waals surface area contributed by atoms with E-state index < -0.39 is 6.04 Å². The summed E-state index contributed by atoms with van der Waals surface area (Å²) in [5.74, 6) is -0.287. The smallest absolute Gasteiger partial charge is 0.246 e. The molecule has 0 aromatic heterocycles. The molecule has 1 atom stereocenters. The van der Waals surface area contributed by atoms with Crippen molar-refractivity contribution in [2.24, 2.45) is 0 Å². The lowest BCUT2D eigenvalue weighted by Crippen LogP contribution is -2.53. The molecule has 0 saturated carbocycles. The molecule has 0 spiro atoms. The number of nitrogens with one attached hydrogen (secondary N) is 1. The van der Waals surface area contributed by atoms with Crippen molar-refractivity contribution >= 4 is 11.8 Å². The van der Waals surface area contributed by atoms with Crippen LogP contribution < -0.4 is 5.32 Å². The van der Waals surface area contributed by atoms with Gasteiger partial charge in [-0.15, -0.1) is 0 Å². The number of rotatable bonds is 4. The first-order valence-electron chi connectivity index (χ1n) is 5.80. The lowest BCUT2D eigenvalue weighted by Gasteiger charge is -2.34. The summed E-state index contributed by atoms with van der Waals surface area (Å²) >= 11 is 0. The number of methoxy groups -OCH3 is 1. The summed E-state index contributed by atoms with van der Waals surface area (Å²) in [5, 5.41) is 2.62. The molecule has 1 aliphatic heterocycles. The molecule has 6 nitrogen and oxygen atoms in total. The number of nitrogens with zero attached hydrogens (tertiary/aromatic N) is 2. The van der Waals surface area contributed by atoms with Gasteiger partial charge in [0.25, 0.3) is 0 Å². The highest BCUT2D eigenvalue weighted by molar-refractivity contribution is 5.87. The Morgan fingerprint density at radius 2 is 1.88 bits per heavy atom. The summed E-state index contributed by atoms with van der Waals surface area (Å²) in [4.78, 5) is 27.2. The maximum atomic E-state index is 12.0. The molecule has 0 aromatic rings. The van der Waals surface area contributed by atoms with E-state index in [9.17, 15) is 9.59 Å². The molecular weight excluding hydrogens is 222 g/mol. The van der Waals surface area contributed by atoms with Gasteiger partial charge in [-0.3, -0.25) is 9.59 Å². The third kappa shape index (κ3) is 4.32. The monoisotopic (exact) mass is 243 g/mol. The molecule has 1 fully saturated rings. The number of ether oxygens (including phenoxy) is 1. The molecule has 0 aliphatic carbocycles. The Morgan fingerprint density at radius 1 is 1.29 bits per heavy atom. The third-order valence-corrected chi connectivity index (χ3v) is 2.84. The van der Waals surface area contributed by atoms with E-state index in [4.69, 9.17) is 4.74 Å². The van der Waals surface area contributed by atoms with Crippen LogP contribution in [0, 0.1) is 0 Å². The Labute approximate surface area is 102 Å². The maximum Gasteiger partial charge on any atom is 0.246 e. The summed E-state index contributed by atoms with van der Waals surface area (Å²) in [6, 6.07) is -0.485. The van der Waals surface area contributed by atoms with Crippen LogP contribution in [0.5, 0.6) is 0 Å². The van der Waals surface area contributed by atoms with Gasteiger partial charge in [0.2, 0.25) is 11.8 Å². The van der Waals surface area contributed by atoms with Crippen molar-refractivity contribution < 1.29 is 14.3 Å². The van der Waals surface area contributed by atoms with Gasteiger partial charge in [-0.1, -0.05) is 0 Å². The summed E-state index contributed by atoms with van der Waals surface area (Å²) in [7, 11) is 3.48. The van der Waals surface area contributed by atoms with E-state index in [1.807, 2.05) is 7.05 Å². The van der Waals surface area contributed by atoms with E-state index in [1.54, 1.807) is 11.8 Å². The fraction of sp³-hybridized carbons (Fsp3) is 0.818. The summed E-state index contributed by atoms with van der Waals surface area (Å²) in [6.45, 7) is 4.89. The zero-order chi connectivity index (χ0) is 12.8. The van der Waals surface area contributed by atoms with Crippen molar-refractivity contribution in [3.05, 3.63) is 0 Å². The van der Waals surface area contributed by atoms with Gasteiger partial charge in [-0.25, -0.2) is 0 Å². The maximum absolute atomic E-state index is 12.0. The van der Waals surface area contributed by atoms with Crippen molar-refractivity contribution in [3.8, 4) is 0 Å². The van der Waals surface area contributed by atoms with Crippen LogP contribution in [0.4, 0.5) is 0 Å². The van der Waals surface area contributed by atoms with Crippen LogP contribution in [-0.4, -0.2) is 74.6 Å². The topological polar surface area (TPSA) is 61.9 Å². The lowest BCUT2D eigenvalue weighted by molar-refractivity contribution is -0.138. The molecule has 1 unspecified atom stereocenters. The van der Waals surface area contributed by atoms with Gasteiger partial charge in [0, 0.05) is 33.3 Å². The van der Waals surface area contributed by atoms with Gasteiger partial charge >= 0.3 is 0 Å². The SMILES string of the molecule is COCC(=O)NC(C)C(=O)N1CCN(C)CC1. The lowest BCUT2D eigenvalue weighted by atomic mass is 10.2. The minimum absolute atomic E-state index is 0.0135. The third-order valence-electron chi connectivity index (χ3n) is 2.84. The highest BCUT2D eigenvalue weighted by Crippen LogP contribution is 2.02. The van der Waals surface area contributed by atoms with Gasteiger partial charge in [0.1, 0.15) is 12.6 Å². The van der Waals surface area contributed by atoms with Crippen LogP contribution in [0.25, 0.3) is 0 Å². The molecule has 0 radical (unpaired) electrons. The van der Waals surface area contributed by atoms with E-state index in [-0.39, 0.29) is 18.4 Å². The van der Waals surface area contributed by atoms with Crippen molar-refractivity contribution in [1.29, 1.82) is 0 Å². The molecule has 6 heteroatoms. The second-order valence-electron chi connectivity index (χ2n) is 4.35. The molecule has 2 amide bonds. The molecule has 1 aliphatic rings. The van der Waals surface area contributed by atoms with Crippen LogP contribution in [0.2, 0.25) is 0 Å². The van der Waals surface area contributed by atoms with E-state index in [2.05, 4.69) is 10.2 Å². The summed E-state index contributed by atoms with van der Waals surface area (Å²) in [5.41, 5.74) is 0. The van der Waals surface area contributed by atoms with Crippen molar-refractivity contribution in [2.75, 3.05) is 46.9 Å². The molecule has 17 heavy (non-hydrogen) atoms. The van der Waals surface area contributed by atoms with Gasteiger partial charge in [-0.05, 0) is 14.0 Å². The standard InChI is InChI=1S/C11H21N3O3/c1-9(12-10(15)8-17-3)11(16)14-6-4-13(2)5-7-14/h9H,4-8H2,1-3H3,(H,12,15). The molecule has 1 saturated heterocycles. The van der Waals surface area contributed by atoms with Crippen LogP contribution in [-0.2, 0) is 14.3 Å². The average Bonchev–Trinajstić information content (AvgIpc) is 2.29. The normalized spacial score (nSPS) is 18.9. The van der Waals surface area contributed by atoms with E-state index >= 15 is 0 Å². The molecule has 0 aromatic carbocycles. The first-order valence-corrected chi connectivity index (χ1v) is 5.80. The minimum Gasteiger partial charge on any atom is -0.375 e. The van der Waals surface area contributed by atoms with Crippen molar-refractivity contribution in [2.45, 2.75) is 13.0 Å². The Morgan fingerprint density at radius 3 is 2.41 bits per heavy atom. The zero-order valence-electron chi connectivity index (χ0n) is 10.7. The number of hydrogen-bond donors (Lipinski definition) is 1. The van der Waals surface area contributed by atoms with Gasteiger partial charge in [-0.2, -0.15) is 0 Å². The van der Waals surface area contributed by atoms with Gasteiger partial charge in [0.05, 0.1) is 0 Å². The quantitative estimate of drug-likeness (QED) is 0.681. The minimum atomic E-state index is -0.485. The largest absolute Gasteiger partial charge is 0.375 e. The second kappa shape index (κ2) is 6.56. The van der Waals surface area contributed by atoms with E-state index in [1.165, 1.54) is 7.11 Å². The number of carbonyl (C=O) groups is 2. The van der Waals surface area contributed by atoms with Crippen LogP contribution in [0.3, 0.4) is 0 Å². The fourth-order valence-electron chi connectivity index (χ4n) is 1.78. The number of piperazine rings is 1. The van der Waals surface area contributed by atoms with Crippen LogP contribution in [0.1, 0.15) is 6.92 Å². The molecule has 1 heterocycles. The predicted molar refractivity (Wildman–Crippen MR) is 63.6 cm³/mol. The van der Waals surface area contributed by atoms with Crippen LogP contribution in [0.15, 0.2) is 0 Å². The number of hydrogen-bond acceptors (Lipinski definition) is 4. The van der Waals surface area contributed by atoms with Gasteiger partial charge in [0.15, 0.2) is 0 Å². The molecule has 0 bridgehead atoms. The highest BCUT2D eigenvalue weighted by atomic mass is 16.5. The Balaban J connectivity index is 2.38. The van der Waals surface area contributed by atoms with E-state index in [0.717, 1.165) is 26.2 Å². The molecule has 98 valence electrons. The first-order chi connectivity index (χ1) is 8.04. The van der Waals surface area contributed by atoms with Crippen molar-refractivity contribution in [1.82, 2.24) is 15.1 Å². The molecule has 1 rings (SSSR count). The summed E-state index contributed by atoms with van der Waals surface area (Å²) in [6.07, 6.45) is 0. The average molecular weight is 243 g/mol. The number of carbonyl (C=O) groups excluding carboxylic acids is 2. The second-order valence-corrected chi connectivity index (χ2v) is 4.35. The van der Waals surface area contributed by atoms with Crippen molar-refractivity contribution in [3.63, 3.8) is 0 Å². The highest BCUT2D eigenvalue weighted by Gasteiger charge is 2.24. The Hall–Kier alpha value is -1.14.